The van der Waals surface area contributed by atoms with E-state index < -0.39 is 0 Å². The van der Waals surface area contributed by atoms with Gasteiger partial charge in [-0.3, -0.25) is 4.79 Å². The van der Waals surface area contributed by atoms with Crippen LogP contribution in [0.15, 0.2) is 0 Å². The van der Waals surface area contributed by atoms with E-state index in [0.717, 1.165) is 19.0 Å². The van der Waals surface area contributed by atoms with Crippen LogP contribution < -0.4 is 5.32 Å². The number of carbonyl (C=O) groups is 1. The van der Waals surface area contributed by atoms with Crippen LogP contribution >= 0.6 is 0 Å². The second-order valence-corrected chi connectivity index (χ2v) is 7.29. The molecule has 3 nitrogen and oxygen atoms in total. The first-order valence-corrected chi connectivity index (χ1v) is 8.10. The van der Waals surface area contributed by atoms with Gasteiger partial charge in [-0.05, 0) is 69.2 Å². The molecule has 2 bridgehead atoms. The average Bonchev–Trinajstić information content (AvgIpc) is 2.95. The lowest BCUT2D eigenvalue weighted by molar-refractivity contribution is -0.135. The summed E-state index contributed by atoms with van der Waals surface area (Å²) in [6, 6.07) is 0.0394. The third kappa shape index (κ3) is 2.42. The summed E-state index contributed by atoms with van der Waals surface area (Å²) in [5.41, 5.74) is 0.492. The van der Waals surface area contributed by atoms with Crippen LogP contribution in [0.4, 0.5) is 0 Å². The van der Waals surface area contributed by atoms with Crippen molar-refractivity contribution in [3.05, 3.63) is 0 Å². The van der Waals surface area contributed by atoms with E-state index in [1.807, 2.05) is 7.05 Å². The molecule has 2 unspecified atom stereocenters. The van der Waals surface area contributed by atoms with Gasteiger partial charge in [0.25, 0.3) is 0 Å². The predicted octanol–water partition coefficient (Wildman–Crippen LogP) is 2.41. The van der Waals surface area contributed by atoms with E-state index in [-0.39, 0.29) is 6.04 Å². The molecule has 2 atom stereocenters. The van der Waals surface area contributed by atoms with Gasteiger partial charge in [-0.1, -0.05) is 6.92 Å². The molecule has 3 aliphatic rings. The molecular weight excluding hydrogens is 236 g/mol. The molecule has 0 aromatic carbocycles. The normalized spacial score (nSPS) is 42.7. The Morgan fingerprint density at radius 2 is 2.05 bits per heavy atom. The van der Waals surface area contributed by atoms with Crippen LogP contribution in [0.1, 0.15) is 51.9 Å². The Kier molecular flexibility index (Phi) is 3.59. The fraction of sp³-hybridized carbons (Fsp3) is 0.938. The van der Waals surface area contributed by atoms with E-state index in [4.69, 9.17) is 0 Å². The van der Waals surface area contributed by atoms with Gasteiger partial charge in [0.15, 0.2) is 0 Å². The highest BCUT2D eigenvalue weighted by molar-refractivity contribution is 5.82. The van der Waals surface area contributed by atoms with Gasteiger partial charge < -0.3 is 10.2 Å². The van der Waals surface area contributed by atoms with Gasteiger partial charge in [-0.15, -0.1) is 0 Å². The Bertz CT molecular complexity index is 347. The third-order valence-electron chi connectivity index (χ3n) is 5.96. The molecule has 3 fully saturated rings. The number of amides is 1. The summed E-state index contributed by atoms with van der Waals surface area (Å²) in [6.45, 7) is 4.23. The Hall–Kier alpha value is -0.570. The number of hydrogen-bond donors (Lipinski definition) is 1. The number of likely N-dealkylation sites (N-methyl/N-ethyl adjacent to an activating group) is 1. The fourth-order valence-electron chi connectivity index (χ4n) is 4.82. The summed E-state index contributed by atoms with van der Waals surface area (Å²) in [7, 11) is 1.93. The van der Waals surface area contributed by atoms with E-state index in [2.05, 4.69) is 17.1 Å². The van der Waals surface area contributed by atoms with Crippen LogP contribution in [0.25, 0.3) is 0 Å². The summed E-state index contributed by atoms with van der Waals surface area (Å²) >= 11 is 0. The van der Waals surface area contributed by atoms with Crippen LogP contribution in [0.2, 0.25) is 0 Å². The second kappa shape index (κ2) is 5.08. The molecule has 1 heterocycles. The number of likely N-dealkylation sites (tertiary alicyclic amines) is 1. The SMILES string of the molecule is CNC1C(=O)N(CC23CCC(CC2)C3)CCCC1C. The lowest BCUT2D eigenvalue weighted by Gasteiger charge is -2.35. The number of carbonyl (C=O) groups excluding carboxylic acids is 1. The molecule has 0 spiro atoms. The lowest BCUT2D eigenvalue weighted by Crippen LogP contribution is -2.49. The number of nitrogens with one attached hydrogen (secondary N) is 1. The minimum atomic E-state index is 0.0394. The molecule has 2 saturated carbocycles. The van der Waals surface area contributed by atoms with Gasteiger partial charge in [0.1, 0.15) is 0 Å². The molecule has 1 aliphatic heterocycles. The summed E-state index contributed by atoms with van der Waals surface area (Å²) < 4.78 is 0. The van der Waals surface area contributed by atoms with Gasteiger partial charge in [0, 0.05) is 13.1 Å². The quantitative estimate of drug-likeness (QED) is 0.849. The van der Waals surface area contributed by atoms with Gasteiger partial charge in [-0.2, -0.15) is 0 Å². The van der Waals surface area contributed by atoms with Crippen molar-refractivity contribution in [3.63, 3.8) is 0 Å². The Labute approximate surface area is 117 Å². The van der Waals surface area contributed by atoms with Crippen molar-refractivity contribution in [2.75, 3.05) is 20.1 Å². The average molecular weight is 264 g/mol. The molecule has 108 valence electrons. The molecule has 1 amide bonds. The zero-order valence-electron chi connectivity index (χ0n) is 12.5. The molecule has 0 radical (unpaired) electrons. The molecule has 3 rings (SSSR count). The zero-order valence-corrected chi connectivity index (χ0v) is 12.5. The third-order valence-corrected chi connectivity index (χ3v) is 5.96. The first-order chi connectivity index (χ1) is 9.13. The van der Waals surface area contributed by atoms with Gasteiger partial charge >= 0.3 is 0 Å². The van der Waals surface area contributed by atoms with Crippen molar-refractivity contribution >= 4 is 5.91 Å². The van der Waals surface area contributed by atoms with Crippen LogP contribution in [-0.2, 0) is 4.79 Å². The summed E-state index contributed by atoms with van der Waals surface area (Å²) in [4.78, 5) is 14.9. The number of rotatable bonds is 3. The summed E-state index contributed by atoms with van der Waals surface area (Å²) in [5.74, 6) is 1.80. The molecular formula is C16H28N2O. The van der Waals surface area contributed by atoms with Gasteiger partial charge in [0.2, 0.25) is 5.91 Å². The van der Waals surface area contributed by atoms with Crippen LogP contribution in [0.5, 0.6) is 0 Å². The van der Waals surface area contributed by atoms with Crippen LogP contribution in [0.3, 0.4) is 0 Å². The highest BCUT2D eigenvalue weighted by Gasteiger charge is 2.46. The van der Waals surface area contributed by atoms with Crippen molar-refractivity contribution in [2.45, 2.75) is 57.9 Å². The lowest BCUT2D eigenvalue weighted by atomic mass is 9.83. The summed E-state index contributed by atoms with van der Waals surface area (Å²) in [5, 5.41) is 3.25. The molecule has 2 aliphatic carbocycles. The number of nitrogens with zero attached hydrogens (tertiary/aromatic N) is 1. The molecule has 0 aromatic heterocycles. The zero-order chi connectivity index (χ0) is 13.5. The maximum Gasteiger partial charge on any atom is 0.239 e. The Balaban J connectivity index is 1.71. The maximum absolute atomic E-state index is 12.7. The largest absolute Gasteiger partial charge is 0.341 e. The first-order valence-electron chi connectivity index (χ1n) is 8.10. The van der Waals surface area contributed by atoms with E-state index in [9.17, 15) is 4.79 Å². The Morgan fingerprint density at radius 1 is 1.32 bits per heavy atom. The molecule has 1 N–H and O–H groups in total. The predicted molar refractivity (Wildman–Crippen MR) is 76.8 cm³/mol. The first kappa shape index (κ1) is 13.4. The van der Waals surface area contributed by atoms with Crippen molar-refractivity contribution < 1.29 is 4.79 Å². The molecule has 3 heteroatoms. The minimum Gasteiger partial charge on any atom is -0.341 e. The van der Waals surface area contributed by atoms with E-state index in [1.54, 1.807) is 0 Å². The molecule has 1 saturated heterocycles. The standard InChI is InChI=1S/C16H28N2O/c1-12-4-3-9-18(15(19)14(12)17-2)11-16-7-5-13(10-16)6-8-16/h12-14,17H,3-11H2,1-2H3. The number of hydrogen-bond acceptors (Lipinski definition) is 2. The van der Waals surface area contributed by atoms with Crippen molar-refractivity contribution in [1.29, 1.82) is 0 Å². The Morgan fingerprint density at radius 3 is 2.63 bits per heavy atom. The van der Waals surface area contributed by atoms with Crippen LogP contribution in [0, 0.1) is 17.3 Å². The minimum absolute atomic E-state index is 0.0394. The van der Waals surface area contributed by atoms with E-state index >= 15 is 0 Å². The molecule has 19 heavy (non-hydrogen) atoms. The van der Waals surface area contributed by atoms with Gasteiger partial charge in [0.05, 0.1) is 6.04 Å². The van der Waals surface area contributed by atoms with E-state index in [1.165, 1.54) is 44.9 Å². The number of fused-ring (bicyclic) bond motifs is 2. The van der Waals surface area contributed by atoms with Crippen LogP contribution in [-0.4, -0.2) is 37.0 Å². The smallest absolute Gasteiger partial charge is 0.239 e. The molecule has 0 aromatic rings. The topological polar surface area (TPSA) is 32.3 Å². The highest BCUT2D eigenvalue weighted by atomic mass is 16.2. The van der Waals surface area contributed by atoms with Crippen molar-refractivity contribution in [1.82, 2.24) is 10.2 Å². The van der Waals surface area contributed by atoms with Crippen molar-refractivity contribution in [3.8, 4) is 0 Å². The summed E-state index contributed by atoms with van der Waals surface area (Å²) in [6.07, 6.45) is 9.27. The van der Waals surface area contributed by atoms with Gasteiger partial charge in [-0.25, -0.2) is 0 Å². The maximum atomic E-state index is 12.7. The fourth-order valence-corrected chi connectivity index (χ4v) is 4.82. The van der Waals surface area contributed by atoms with E-state index in [0.29, 0.717) is 17.2 Å². The second-order valence-electron chi connectivity index (χ2n) is 7.29. The van der Waals surface area contributed by atoms with Crippen molar-refractivity contribution in [2.24, 2.45) is 17.3 Å². The monoisotopic (exact) mass is 264 g/mol. The highest BCUT2D eigenvalue weighted by Crippen LogP contribution is 2.54.